The van der Waals surface area contributed by atoms with Crippen LogP contribution in [0.1, 0.15) is 40.3 Å². The van der Waals surface area contributed by atoms with Gasteiger partial charge in [-0.1, -0.05) is 23.9 Å². The first-order chi connectivity index (χ1) is 16.4. The molecule has 2 amide bonds. The summed E-state index contributed by atoms with van der Waals surface area (Å²) < 4.78 is 13.2. The third-order valence-electron chi connectivity index (χ3n) is 6.05. The number of hydrogen-bond acceptors (Lipinski definition) is 6. The predicted octanol–water partition coefficient (Wildman–Crippen LogP) is 3.96. The molecular formula is C25H30N4O4S. The van der Waals surface area contributed by atoms with Gasteiger partial charge in [-0.3, -0.25) is 9.59 Å². The molecule has 180 valence electrons. The highest BCUT2D eigenvalue weighted by Crippen LogP contribution is 2.26. The Morgan fingerprint density at radius 1 is 1.24 bits per heavy atom. The molecule has 1 aromatic carbocycles. The SMILES string of the molecule is Cc1nc(SCC(=O)N(C)c2ccccc2C(=O)NCc2ccco2)n(CC2CCCO2)c1C. The number of benzene rings is 1. The number of ether oxygens (including phenoxy) is 1. The molecule has 4 rings (SSSR count). The molecule has 0 saturated carbocycles. The molecule has 2 aromatic heterocycles. The minimum absolute atomic E-state index is 0.113. The van der Waals surface area contributed by atoms with Gasteiger partial charge >= 0.3 is 0 Å². The van der Waals surface area contributed by atoms with Crippen LogP contribution in [0, 0.1) is 13.8 Å². The molecule has 1 aliphatic heterocycles. The lowest BCUT2D eigenvalue weighted by Gasteiger charge is -2.20. The van der Waals surface area contributed by atoms with Gasteiger partial charge in [0.25, 0.3) is 5.91 Å². The van der Waals surface area contributed by atoms with Crippen molar-refractivity contribution in [1.29, 1.82) is 0 Å². The number of anilines is 1. The molecule has 3 heterocycles. The van der Waals surface area contributed by atoms with Gasteiger partial charge in [0.15, 0.2) is 5.16 Å². The van der Waals surface area contributed by atoms with E-state index in [1.165, 1.54) is 16.7 Å². The quantitative estimate of drug-likeness (QED) is 0.465. The number of para-hydroxylation sites is 1. The molecule has 9 heteroatoms. The molecule has 0 spiro atoms. The van der Waals surface area contributed by atoms with Gasteiger partial charge in [0.05, 0.1) is 48.2 Å². The number of hydrogen-bond donors (Lipinski definition) is 1. The van der Waals surface area contributed by atoms with Gasteiger partial charge in [-0.25, -0.2) is 4.98 Å². The highest BCUT2D eigenvalue weighted by atomic mass is 32.2. The summed E-state index contributed by atoms with van der Waals surface area (Å²) >= 11 is 1.41. The number of carbonyl (C=O) groups is 2. The lowest BCUT2D eigenvalue weighted by Crippen LogP contribution is -2.31. The van der Waals surface area contributed by atoms with Crippen LogP contribution >= 0.6 is 11.8 Å². The van der Waals surface area contributed by atoms with E-state index in [2.05, 4.69) is 14.9 Å². The van der Waals surface area contributed by atoms with Crippen molar-refractivity contribution in [3.05, 3.63) is 65.4 Å². The number of furan rings is 1. The van der Waals surface area contributed by atoms with E-state index in [1.54, 1.807) is 43.6 Å². The summed E-state index contributed by atoms with van der Waals surface area (Å²) in [5.74, 6) is 0.493. The fourth-order valence-corrected chi connectivity index (χ4v) is 4.95. The van der Waals surface area contributed by atoms with Crippen LogP contribution in [-0.4, -0.2) is 46.9 Å². The number of aryl methyl sites for hydroxylation is 1. The summed E-state index contributed by atoms with van der Waals surface area (Å²) in [6.07, 6.45) is 3.88. The second-order valence-corrected chi connectivity index (χ2v) is 9.27. The zero-order chi connectivity index (χ0) is 24.1. The molecule has 1 unspecified atom stereocenters. The van der Waals surface area contributed by atoms with Crippen molar-refractivity contribution in [1.82, 2.24) is 14.9 Å². The fourth-order valence-electron chi connectivity index (χ4n) is 3.93. The van der Waals surface area contributed by atoms with Gasteiger partial charge in [-0.05, 0) is 51.0 Å². The van der Waals surface area contributed by atoms with E-state index < -0.39 is 0 Å². The molecule has 1 fully saturated rings. The van der Waals surface area contributed by atoms with Gasteiger partial charge in [0.2, 0.25) is 5.91 Å². The Morgan fingerprint density at radius 3 is 2.79 bits per heavy atom. The monoisotopic (exact) mass is 482 g/mol. The van der Waals surface area contributed by atoms with Crippen molar-refractivity contribution in [2.24, 2.45) is 0 Å². The van der Waals surface area contributed by atoms with Gasteiger partial charge in [0, 0.05) is 19.3 Å². The van der Waals surface area contributed by atoms with Crippen molar-refractivity contribution >= 4 is 29.3 Å². The maximum atomic E-state index is 13.1. The van der Waals surface area contributed by atoms with Gasteiger partial charge < -0.3 is 23.9 Å². The fraction of sp³-hybridized carbons (Fsp3) is 0.400. The van der Waals surface area contributed by atoms with Crippen molar-refractivity contribution < 1.29 is 18.7 Å². The van der Waals surface area contributed by atoms with Gasteiger partial charge in [-0.15, -0.1) is 0 Å². The number of rotatable bonds is 9. The molecule has 34 heavy (non-hydrogen) atoms. The van der Waals surface area contributed by atoms with Crippen LogP contribution in [0.3, 0.4) is 0 Å². The first-order valence-electron chi connectivity index (χ1n) is 11.4. The molecule has 0 bridgehead atoms. The molecular weight excluding hydrogens is 452 g/mol. The Bertz CT molecular complexity index is 1140. The Kier molecular flexibility index (Phi) is 7.74. The zero-order valence-corrected chi connectivity index (χ0v) is 20.6. The van der Waals surface area contributed by atoms with Crippen LogP contribution in [0.2, 0.25) is 0 Å². The number of amides is 2. The topological polar surface area (TPSA) is 89.6 Å². The van der Waals surface area contributed by atoms with E-state index in [0.29, 0.717) is 17.0 Å². The van der Waals surface area contributed by atoms with Crippen LogP contribution in [0.25, 0.3) is 0 Å². The Labute approximate surface area is 203 Å². The molecule has 1 aliphatic rings. The van der Waals surface area contributed by atoms with Crippen molar-refractivity contribution in [3.8, 4) is 0 Å². The standard InChI is InChI=1S/C25H30N4O4S/c1-17-18(2)29(15-20-9-7-13-33-20)25(27-17)34-16-23(30)28(3)22-11-5-4-10-21(22)24(31)26-14-19-8-6-12-32-19/h4-6,8,10-12,20H,7,9,13-16H2,1-3H3,(H,26,31). The zero-order valence-electron chi connectivity index (χ0n) is 19.7. The van der Waals surface area contributed by atoms with E-state index in [-0.39, 0.29) is 30.2 Å². The Balaban J connectivity index is 1.42. The summed E-state index contributed by atoms with van der Waals surface area (Å²) in [6.45, 7) is 5.86. The lowest BCUT2D eigenvalue weighted by atomic mass is 10.1. The van der Waals surface area contributed by atoms with Crippen LogP contribution in [-0.2, 0) is 22.6 Å². The molecule has 1 N–H and O–H groups in total. The summed E-state index contributed by atoms with van der Waals surface area (Å²) in [5, 5.41) is 3.66. The normalized spacial score (nSPS) is 15.4. The third kappa shape index (κ3) is 5.53. The lowest BCUT2D eigenvalue weighted by molar-refractivity contribution is -0.115. The number of nitrogens with zero attached hydrogens (tertiary/aromatic N) is 3. The molecule has 1 atom stereocenters. The number of imidazole rings is 1. The summed E-state index contributed by atoms with van der Waals surface area (Å²) in [6, 6.07) is 10.7. The number of nitrogens with one attached hydrogen (secondary N) is 1. The molecule has 0 radical (unpaired) electrons. The van der Waals surface area contributed by atoms with Crippen molar-refractivity contribution in [2.75, 3.05) is 24.3 Å². The van der Waals surface area contributed by atoms with Crippen molar-refractivity contribution in [2.45, 2.75) is 51.0 Å². The highest BCUT2D eigenvalue weighted by Gasteiger charge is 2.23. The van der Waals surface area contributed by atoms with Crippen LogP contribution in [0.15, 0.2) is 52.2 Å². The summed E-state index contributed by atoms with van der Waals surface area (Å²) in [4.78, 5) is 32.1. The average molecular weight is 483 g/mol. The summed E-state index contributed by atoms with van der Waals surface area (Å²) in [7, 11) is 1.69. The molecule has 1 saturated heterocycles. The Hall–Kier alpha value is -3.04. The first kappa shape index (κ1) is 24.1. The molecule has 8 nitrogen and oxygen atoms in total. The van der Waals surface area contributed by atoms with E-state index in [4.69, 9.17) is 9.15 Å². The second kappa shape index (κ2) is 10.9. The average Bonchev–Trinajstić information content (AvgIpc) is 3.61. The smallest absolute Gasteiger partial charge is 0.253 e. The van der Waals surface area contributed by atoms with Gasteiger partial charge in [-0.2, -0.15) is 0 Å². The molecule has 0 aliphatic carbocycles. The van der Waals surface area contributed by atoms with Crippen molar-refractivity contribution in [3.63, 3.8) is 0 Å². The van der Waals surface area contributed by atoms with E-state index in [0.717, 1.165) is 42.5 Å². The third-order valence-corrected chi connectivity index (χ3v) is 7.01. The maximum Gasteiger partial charge on any atom is 0.253 e. The first-order valence-corrected chi connectivity index (χ1v) is 12.4. The number of aromatic nitrogens is 2. The highest BCUT2D eigenvalue weighted by molar-refractivity contribution is 7.99. The van der Waals surface area contributed by atoms with Crippen LogP contribution in [0.4, 0.5) is 5.69 Å². The predicted molar refractivity (Wildman–Crippen MR) is 131 cm³/mol. The minimum Gasteiger partial charge on any atom is -0.467 e. The summed E-state index contributed by atoms with van der Waals surface area (Å²) in [5.41, 5.74) is 3.04. The number of thioether (sulfide) groups is 1. The van der Waals surface area contributed by atoms with Crippen LogP contribution in [0.5, 0.6) is 0 Å². The number of carbonyl (C=O) groups excluding carboxylic acids is 2. The minimum atomic E-state index is -0.266. The largest absolute Gasteiger partial charge is 0.467 e. The maximum absolute atomic E-state index is 13.1. The second-order valence-electron chi connectivity index (χ2n) is 8.33. The van der Waals surface area contributed by atoms with E-state index in [1.807, 2.05) is 19.9 Å². The molecule has 3 aromatic rings. The van der Waals surface area contributed by atoms with Crippen LogP contribution < -0.4 is 10.2 Å². The van der Waals surface area contributed by atoms with E-state index >= 15 is 0 Å². The van der Waals surface area contributed by atoms with Gasteiger partial charge in [0.1, 0.15) is 5.76 Å². The Morgan fingerprint density at radius 2 is 2.06 bits per heavy atom. The van der Waals surface area contributed by atoms with E-state index in [9.17, 15) is 9.59 Å².